The second-order valence-corrected chi connectivity index (χ2v) is 2.91. The quantitative estimate of drug-likeness (QED) is 0.679. The monoisotopic (exact) mass is 203 g/mol. The van der Waals surface area contributed by atoms with Crippen molar-refractivity contribution in [2.45, 2.75) is 20.4 Å². The van der Waals surface area contributed by atoms with E-state index in [0.29, 0.717) is 0 Å². The standard InChI is InChI=1S/C6H10BrN3/c1-5-8-6(2)10(9-5)4-3-7/h3-4H2,1-2H3. The average molecular weight is 204 g/mol. The maximum absolute atomic E-state index is 4.18. The smallest absolute Gasteiger partial charge is 0.147 e. The van der Waals surface area contributed by atoms with Crippen LogP contribution in [0.2, 0.25) is 0 Å². The molecule has 56 valence electrons. The van der Waals surface area contributed by atoms with Gasteiger partial charge in [0.05, 0.1) is 6.54 Å². The second-order valence-electron chi connectivity index (χ2n) is 2.12. The minimum absolute atomic E-state index is 0.846. The molecule has 0 radical (unpaired) electrons. The molecule has 0 fully saturated rings. The van der Waals surface area contributed by atoms with Crippen LogP contribution in [0.4, 0.5) is 0 Å². The van der Waals surface area contributed by atoms with Crippen LogP contribution in [0.25, 0.3) is 0 Å². The van der Waals surface area contributed by atoms with Gasteiger partial charge in [-0.3, -0.25) is 0 Å². The van der Waals surface area contributed by atoms with Crippen LogP contribution >= 0.6 is 15.9 Å². The minimum Gasteiger partial charge on any atom is -0.249 e. The van der Waals surface area contributed by atoms with Gasteiger partial charge < -0.3 is 0 Å². The van der Waals surface area contributed by atoms with Crippen molar-refractivity contribution in [1.29, 1.82) is 0 Å². The van der Waals surface area contributed by atoms with E-state index < -0.39 is 0 Å². The van der Waals surface area contributed by atoms with Crippen LogP contribution < -0.4 is 0 Å². The molecule has 3 nitrogen and oxygen atoms in total. The van der Waals surface area contributed by atoms with Crippen molar-refractivity contribution in [1.82, 2.24) is 14.8 Å². The van der Waals surface area contributed by atoms with Gasteiger partial charge in [0.25, 0.3) is 0 Å². The molecule has 0 aliphatic carbocycles. The summed E-state index contributed by atoms with van der Waals surface area (Å²) in [4.78, 5) is 4.16. The Morgan fingerprint density at radius 2 is 2.20 bits per heavy atom. The Morgan fingerprint density at radius 1 is 1.50 bits per heavy atom. The highest BCUT2D eigenvalue weighted by Gasteiger charge is 1.99. The molecule has 10 heavy (non-hydrogen) atoms. The van der Waals surface area contributed by atoms with Gasteiger partial charge >= 0.3 is 0 Å². The predicted molar refractivity (Wildman–Crippen MR) is 43.3 cm³/mol. The lowest BCUT2D eigenvalue weighted by atomic mass is 10.6. The summed E-state index contributed by atoms with van der Waals surface area (Å²) in [7, 11) is 0. The fourth-order valence-electron chi connectivity index (χ4n) is 0.853. The molecule has 0 aromatic carbocycles. The number of hydrogen-bond acceptors (Lipinski definition) is 2. The summed E-state index contributed by atoms with van der Waals surface area (Å²) in [6.45, 7) is 4.76. The summed E-state index contributed by atoms with van der Waals surface area (Å²) in [6, 6.07) is 0. The molecule has 0 N–H and O–H groups in total. The Labute approximate surface area is 68.6 Å². The van der Waals surface area contributed by atoms with Crippen molar-refractivity contribution in [3.8, 4) is 0 Å². The van der Waals surface area contributed by atoms with Crippen LogP contribution in [-0.2, 0) is 6.54 Å². The zero-order valence-electron chi connectivity index (χ0n) is 6.13. The summed E-state index contributed by atoms with van der Waals surface area (Å²) in [5.74, 6) is 1.83. The van der Waals surface area contributed by atoms with E-state index in [-0.39, 0.29) is 0 Å². The van der Waals surface area contributed by atoms with Crippen LogP contribution in [0.15, 0.2) is 0 Å². The largest absolute Gasteiger partial charge is 0.249 e. The summed E-state index contributed by atoms with van der Waals surface area (Å²) >= 11 is 3.34. The number of nitrogens with zero attached hydrogens (tertiary/aromatic N) is 3. The molecule has 1 aromatic rings. The summed E-state index contributed by atoms with van der Waals surface area (Å²) < 4.78 is 1.89. The van der Waals surface area contributed by atoms with Crippen LogP contribution in [0.3, 0.4) is 0 Å². The number of halogens is 1. The van der Waals surface area contributed by atoms with E-state index in [0.717, 1.165) is 23.5 Å². The van der Waals surface area contributed by atoms with E-state index in [1.807, 2.05) is 18.5 Å². The topological polar surface area (TPSA) is 30.7 Å². The van der Waals surface area contributed by atoms with Gasteiger partial charge in [-0.2, -0.15) is 5.10 Å². The van der Waals surface area contributed by atoms with Gasteiger partial charge in [0, 0.05) is 5.33 Å². The Kier molecular flexibility index (Phi) is 2.43. The van der Waals surface area contributed by atoms with E-state index in [9.17, 15) is 0 Å². The normalized spacial score (nSPS) is 10.3. The van der Waals surface area contributed by atoms with Gasteiger partial charge in [-0.15, -0.1) is 0 Å². The maximum Gasteiger partial charge on any atom is 0.147 e. The lowest BCUT2D eigenvalue weighted by molar-refractivity contribution is 0.640. The second kappa shape index (κ2) is 3.14. The Hall–Kier alpha value is -0.380. The summed E-state index contributed by atoms with van der Waals surface area (Å²) in [5.41, 5.74) is 0. The Morgan fingerprint density at radius 3 is 2.60 bits per heavy atom. The minimum atomic E-state index is 0.846. The van der Waals surface area contributed by atoms with Gasteiger partial charge in [-0.25, -0.2) is 9.67 Å². The third kappa shape index (κ3) is 1.56. The molecule has 0 amide bonds. The van der Waals surface area contributed by atoms with E-state index in [4.69, 9.17) is 0 Å². The predicted octanol–water partition coefficient (Wildman–Crippen LogP) is 1.29. The highest BCUT2D eigenvalue weighted by molar-refractivity contribution is 9.09. The van der Waals surface area contributed by atoms with Gasteiger partial charge in [0.15, 0.2) is 0 Å². The van der Waals surface area contributed by atoms with Crippen LogP contribution in [0.5, 0.6) is 0 Å². The molecule has 0 aliphatic rings. The molecule has 0 atom stereocenters. The third-order valence-corrected chi connectivity index (χ3v) is 1.61. The zero-order valence-corrected chi connectivity index (χ0v) is 7.72. The Bertz CT molecular complexity index is 219. The molecule has 1 heterocycles. The fraction of sp³-hybridized carbons (Fsp3) is 0.667. The van der Waals surface area contributed by atoms with E-state index in [1.165, 1.54) is 0 Å². The van der Waals surface area contributed by atoms with Gasteiger partial charge in [0.1, 0.15) is 11.6 Å². The number of hydrogen-bond donors (Lipinski definition) is 0. The lowest BCUT2D eigenvalue weighted by Crippen LogP contribution is -2.03. The first kappa shape index (κ1) is 7.72. The van der Waals surface area contributed by atoms with Crippen molar-refractivity contribution < 1.29 is 0 Å². The maximum atomic E-state index is 4.18. The molecule has 4 heteroatoms. The average Bonchev–Trinajstić information content (AvgIpc) is 2.13. The molecule has 0 unspecified atom stereocenters. The molecule has 0 saturated heterocycles. The molecule has 0 spiro atoms. The summed E-state index contributed by atoms with van der Waals surface area (Å²) in [6.07, 6.45) is 0. The number of aromatic nitrogens is 3. The zero-order chi connectivity index (χ0) is 7.56. The first-order chi connectivity index (χ1) is 4.74. The van der Waals surface area contributed by atoms with Gasteiger partial charge in [-0.05, 0) is 13.8 Å². The van der Waals surface area contributed by atoms with Crippen molar-refractivity contribution in [2.24, 2.45) is 0 Å². The van der Waals surface area contributed by atoms with E-state index >= 15 is 0 Å². The number of aryl methyl sites for hydroxylation is 3. The highest BCUT2D eigenvalue weighted by atomic mass is 79.9. The first-order valence-electron chi connectivity index (χ1n) is 3.18. The molecule has 0 bridgehead atoms. The van der Waals surface area contributed by atoms with Gasteiger partial charge in [-0.1, -0.05) is 15.9 Å². The van der Waals surface area contributed by atoms with Crippen molar-refractivity contribution in [2.75, 3.05) is 5.33 Å². The van der Waals surface area contributed by atoms with E-state index in [2.05, 4.69) is 26.0 Å². The highest BCUT2D eigenvalue weighted by Crippen LogP contribution is 1.96. The van der Waals surface area contributed by atoms with Crippen LogP contribution in [0, 0.1) is 13.8 Å². The molecule has 0 aliphatic heterocycles. The molecule has 1 aromatic heterocycles. The van der Waals surface area contributed by atoms with E-state index in [1.54, 1.807) is 0 Å². The SMILES string of the molecule is Cc1nc(C)n(CCBr)n1. The molecular formula is C6H10BrN3. The third-order valence-electron chi connectivity index (χ3n) is 1.26. The molecular weight excluding hydrogens is 194 g/mol. The van der Waals surface area contributed by atoms with Crippen molar-refractivity contribution in [3.63, 3.8) is 0 Å². The van der Waals surface area contributed by atoms with Crippen molar-refractivity contribution >= 4 is 15.9 Å². The first-order valence-corrected chi connectivity index (χ1v) is 4.30. The summed E-state index contributed by atoms with van der Waals surface area (Å²) in [5, 5.41) is 5.10. The Balaban J connectivity index is 2.81. The van der Waals surface area contributed by atoms with Gasteiger partial charge in [0.2, 0.25) is 0 Å². The molecule has 1 rings (SSSR count). The number of alkyl halides is 1. The fourth-order valence-corrected chi connectivity index (χ4v) is 1.19. The number of rotatable bonds is 2. The van der Waals surface area contributed by atoms with Crippen molar-refractivity contribution in [3.05, 3.63) is 11.6 Å². The van der Waals surface area contributed by atoms with Crippen LogP contribution in [0.1, 0.15) is 11.6 Å². The van der Waals surface area contributed by atoms with Crippen LogP contribution in [-0.4, -0.2) is 20.1 Å². The molecule has 0 saturated carbocycles. The lowest BCUT2D eigenvalue weighted by Gasteiger charge is -1.96.